The van der Waals surface area contributed by atoms with Crippen LogP contribution in [0.5, 0.6) is 0 Å². The zero-order valence-electron chi connectivity index (χ0n) is 18.6. The number of nitrogens with zero attached hydrogens (tertiary/aromatic N) is 5. The predicted octanol–water partition coefficient (Wildman–Crippen LogP) is 3.35. The number of hydrogen-bond donors (Lipinski definition) is 2. The molecule has 2 aromatic heterocycles. The van der Waals surface area contributed by atoms with E-state index in [1.807, 2.05) is 6.20 Å². The second kappa shape index (κ2) is 6.86. The van der Waals surface area contributed by atoms with Crippen LogP contribution in [-0.2, 0) is 13.1 Å². The number of anilines is 3. The fraction of sp³-hybridized carbons (Fsp3) is 0.480. The van der Waals surface area contributed by atoms with Gasteiger partial charge in [-0.1, -0.05) is 6.07 Å². The molecule has 164 valence electrons. The highest BCUT2D eigenvalue weighted by molar-refractivity contribution is 5.90. The molecule has 3 fully saturated rings. The molecule has 3 aliphatic heterocycles. The standard InChI is InChI=1S/C25H29N7/c1-16-8-18-10-27-24(29-20-3-2-17-11-31(21-4-5-21)12-19(17)9-20)30-22(18)23(28-16)32-14-25(15-32)6-7-26-13-25/h2-3,8-10,21,26H,4-7,11-15H2,1H3,(H,27,29,30). The third kappa shape index (κ3) is 3.14. The van der Waals surface area contributed by atoms with Gasteiger partial charge in [-0.15, -0.1) is 0 Å². The molecule has 1 saturated carbocycles. The summed E-state index contributed by atoms with van der Waals surface area (Å²) in [6, 6.07) is 9.57. The lowest BCUT2D eigenvalue weighted by molar-refractivity contribution is 0.242. The number of benzene rings is 1. The average Bonchev–Trinajstić information content (AvgIpc) is 3.33. The molecule has 1 aromatic carbocycles. The summed E-state index contributed by atoms with van der Waals surface area (Å²) in [5.41, 5.74) is 6.32. The minimum Gasteiger partial charge on any atom is -0.353 e. The third-order valence-corrected chi connectivity index (χ3v) is 7.63. The first-order valence-corrected chi connectivity index (χ1v) is 11.9. The molecule has 0 bridgehead atoms. The van der Waals surface area contributed by atoms with E-state index in [9.17, 15) is 0 Å². The van der Waals surface area contributed by atoms with Crippen LogP contribution in [0.2, 0.25) is 0 Å². The maximum atomic E-state index is 4.92. The molecule has 32 heavy (non-hydrogen) atoms. The number of pyridine rings is 1. The monoisotopic (exact) mass is 427 g/mol. The first-order chi connectivity index (χ1) is 15.6. The molecule has 7 heteroatoms. The fourth-order valence-electron chi connectivity index (χ4n) is 5.74. The molecule has 2 saturated heterocycles. The van der Waals surface area contributed by atoms with E-state index in [0.29, 0.717) is 11.4 Å². The Hall–Kier alpha value is -2.77. The van der Waals surface area contributed by atoms with Gasteiger partial charge in [0.2, 0.25) is 5.95 Å². The van der Waals surface area contributed by atoms with E-state index in [2.05, 4.69) is 56.6 Å². The molecule has 5 heterocycles. The molecule has 0 radical (unpaired) electrons. The molecule has 1 aliphatic carbocycles. The quantitative estimate of drug-likeness (QED) is 0.662. The van der Waals surface area contributed by atoms with Crippen LogP contribution in [0.4, 0.5) is 17.5 Å². The van der Waals surface area contributed by atoms with Crippen molar-refractivity contribution in [1.29, 1.82) is 0 Å². The zero-order valence-corrected chi connectivity index (χ0v) is 18.6. The average molecular weight is 428 g/mol. The largest absolute Gasteiger partial charge is 0.353 e. The lowest BCUT2D eigenvalue weighted by Crippen LogP contribution is -2.58. The van der Waals surface area contributed by atoms with Crippen LogP contribution < -0.4 is 15.5 Å². The molecular weight excluding hydrogens is 398 g/mol. The van der Waals surface area contributed by atoms with Gasteiger partial charge in [-0.3, -0.25) is 4.90 Å². The first kappa shape index (κ1) is 18.8. The van der Waals surface area contributed by atoms with Gasteiger partial charge in [-0.25, -0.2) is 15.0 Å². The molecule has 4 aliphatic rings. The normalized spacial score (nSPS) is 21.8. The molecular formula is C25H29N7. The Labute approximate surface area is 188 Å². The van der Waals surface area contributed by atoms with Crippen molar-refractivity contribution in [3.8, 4) is 0 Å². The highest BCUT2D eigenvalue weighted by atomic mass is 15.3. The second-order valence-electron chi connectivity index (χ2n) is 10.2. The highest BCUT2D eigenvalue weighted by Gasteiger charge is 2.46. The molecule has 2 N–H and O–H groups in total. The van der Waals surface area contributed by atoms with Crippen molar-refractivity contribution in [3.63, 3.8) is 0 Å². The van der Waals surface area contributed by atoms with Crippen molar-refractivity contribution in [2.45, 2.75) is 45.3 Å². The van der Waals surface area contributed by atoms with Gasteiger partial charge in [-0.05, 0) is 62.1 Å². The summed E-state index contributed by atoms with van der Waals surface area (Å²) in [6.45, 7) is 8.57. The van der Waals surface area contributed by atoms with Gasteiger partial charge in [0.15, 0.2) is 5.82 Å². The van der Waals surface area contributed by atoms with Crippen molar-refractivity contribution < 1.29 is 0 Å². The Balaban J connectivity index is 1.16. The highest BCUT2D eigenvalue weighted by Crippen LogP contribution is 2.40. The number of rotatable bonds is 4. The number of nitrogens with one attached hydrogen (secondary N) is 2. The van der Waals surface area contributed by atoms with E-state index in [1.54, 1.807) is 0 Å². The van der Waals surface area contributed by atoms with Gasteiger partial charge in [0, 0.05) is 67.1 Å². The van der Waals surface area contributed by atoms with Gasteiger partial charge in [-0.2, -0.15) is 0 Å². The zero-order chi connectivity index (χ0) is 21.3. The van der Waals surface area contributed by atoms with Crippen LogP contribution in [0.15, 0.2) is 30.5 Å². The van der Waals surface area contributed by atoms with Crippen LogP contribution in [0.1, 0.15) is 36.1 Å². The molecule has 0 unspecified atom stereocenters. The van der Waals surface area contributed by atoms with E-state index < -0.39 is 0 Å². The minimum absolute atomic E-state index is 0.421. The Morgan fingerprint density at radius 3 is 2.78 bits per heavy atom. The Bertz CT molecular complexity index is 1200. The molecule has 3 aromatic rings. The SMILES string of the molecule is Cc1cc2cnc(Nc3ccc4c(c3)CN(C3CC3)C4)nc2c(N2CC3(CCNC3)C2)n1. The Morgan fingerprint density at radius 2 is 1.97 bits per heavy atom. The number of aromatic nitrogens is 3. The Morgan fingerprint density at radius 1 is 1.09 bits per heavy atom. The van der Waals surface area contributed by atoms with Gasteiger partial charge < -0.3 is 15.5 Å². The topological polar surface area (TPSA) is 69.2 Å². The second-order valence-corrected chi connectivity index (χ2v) is 10.2. The van der Waals surface area contributed by atoms with Crippen LogP contribution in [0.25, 0.3) is 10.9 Å². The van der Waals surface area contributed by atoms with Crippen molar-refractivity contribution in [2.24, 2.45) is 5.41 Å². The number of fused-ring (bicyclic) bond motifs is 2. The van der Waals surface area contributed by atoms with E-state index in [-0.39, 0.29) is 0 Å². The van der Waals surface area contributed by atoms with Crippen LogP contribution in [0.3, 0.4) is 0 Å². The summed E-state index contributed by atoms with van der Waals surface area (Å²) in [6.07, 6.45) is 5.90. The van der Waals surface area contributed by atoms with Crippen molar-refractivity contribution >= 4 is 28.4 Å². The molecule has 0 atom stereocenters. The van der Waals surface area contributed by atoms with Gasteiger partial charge in [0.1, 0.15) is 5.52 Å². The fourth-order valence-corrected chi connectivity index (χ4v) is 5.74. The summed E-state index contributed by atoms with van der Waals surface area (Å²) in [4.78, 5) is 19.4. The lowest BCUT2D eigenvalue weighted by Gasteiger charge is -2.48. The summed E-state index contributed by atoms with van der Waals surface area (Å²) in [5.74, 6) is 1.64. The summed E-state index contributed by atoms with van der Waals surface area (Å²) in [7, 11) is 0. The minimum atomic E-state index is 0.421. The van der Waals surface area contributed by atoms with Crippen LogP contribution >= 0.6 is 0 Å². The maximum absolute atomic E-state index is 4.92. The van der Waals surface area contributed by atoms with Gasteiger partial charge in [0.25, 0.3) is 0 Å². The van der Waals surface area contributed by atoms with Gasteiger partial charge in [0.05, 0.1) is 0 Å². The lowest BCUT2D eigenvalue weighted by atomic mass is 9.79. The van der Waals surface area contributed by atoms with Crippen molar-refractivity contribution in [3.05, 3.63) is 47.3 Å². The molecule has 7 nitrogen and oxygen atoms in total. The first-order valence-electron chi connectivity index (χ1n) is 11.9. The summed E-state index contributed by atoms with van der Waals surface area (Å²) >= 11 is 0. The summed E-state index contributed by atoms with van der Waals surface area (Å²) in [5, 5.41) is 8.02. The van der Waals surface area contributed by atoms with E-state index in [0.717, 1.165) is 73.4 Å². The van der Waals surface area contributed by atoms with Crippen molar-refractivity contribution in [1.82, 2.24) is 25.2 Å². The van der Waals surface area contributed by atoms with Crippen molar-refractivity contribution in [2.75, 3.05) is 36.4 Å². The number of hydrogen-bond acceptors (Lipinski definition) is 7. The van der Waals surface area contributed by atoms with E-state index >= 15 is 0 Å². The van der Waals surface area contributed by atoms with E-state index in [4.69, 9.17) is 9.97 Å². The molecule has 7 rings (SSSR count). The maximum Gasteiger partial charge on any atom is 0.227 e. The predicted molar refractivity (Wildman–Crippen MR) is 126 cm³/mol. The number of aryl methyl sites for hydroxylation is 1. The Kier molecular flexibility index (Phi) is 4.02. The third-order valence-electron chi connectivity index (χ3n) is 7.63. The smallest absolute Gasteiger partial charge is 0.227 e. The van der Waals surface area contributed by atoms with Crippen LogP contribution in [-0.4, -0.2) is 52.1 Å². The van der Waals surface area contributed by atoms with Gasteiger partial charge >= 0.3 is 0 Å². The van der Waals surface area contributed by atoms with Crippen LogP contribution in [0, 0.1) is 12.3 Å². The molecule has 0 amide bonds. The van der Waals surface area contributed by atoms with E-state index in [1.165, 1.54) is 30.4 Å². The summed E-state index contributed by atoms with van der Waals surface area (Å²) < 4.78 is 0. The molecule has 1 spiro atoms.